The first-order chi connectivity index (χ1) is 13.0. The van der Waals surface area contributed by atoms with Gasteiger partial charge in [-0.25, -0.2) is 13.1 Å². The average molecular weight is 388 g/mol. The fraction of sp³-hybridized carbons (Fsp3) is 0.350. The number of ether oxygens (including phenoxy) is 1. The zero-order chi connectivity index (χ0) is 19.3. The van der Waals surface area contributed by atoms with Crippen LogP contribution in [0.3, 0.4) is 0 Å². The van der Waals surface area contributed by atoms with Crippen LogP contribution < -0.4 is 10.0 Å². The summed E-state index contributed by atoms with van der Waals surface area (Å²) in [6.45, 7) is 3.13. The molecule has 1 aliphatic heterocycles. The number of aryl methyl sites for hydroxylation is 1. The molecule has 6 nitrogen and oxygen atoms in total. The van der Waals surface area contributed by atoms with Crippen LogP contribution in [0.4, 0.5) is 0 Å². The molecule has 1 unspecified atom stereocenters. The van der Waals surface area contributed by atoms with Gasteiger partial charge in [-0.2, -0.15) is 0 Å². The molecule has 0 radical (unpaired) electrons. The Hall–Kier alpha value is -2.22. The van der Waals surface area contributed by atoms with Crippen molar-refractivity contribution in [1.82, 2.24) is 10.0 Å². The molecule has 0 aromatic heterocycles. The first-order valence-electron chi connectivity index (χ1n) is 9.00. The lowest BCUT2D eigenvalue weighted by Gasteiger charge is -2.13. The molecular formula is C20H24N2O4S. The van der Waals surface area contributed by atoms with Crippen molar-refractivity contribution in [3.63, 3.8) is 0 Å². The van der Waals surface area contributed by atoms with Crippen LogP contribution in [0.5, 0.6) is 0 Å². The van der Waals surface area contributed by atoms with E-state index >= 15 is 0 Å². The van der Waals surface area contributed by atoms with Gasteiger partial charge in [-0.15, -0.1) is 0 Å². The molecule has 3 rings (SSSR count). The van der Waals surface area contributed by atoms with Crippen LogP contribution in [0.25, 0.3) is 0 Å². The number of carbonyl (C=O) groups is 1. The Morgan fingerprint density at radius 2 is 1.96 bits per heavy atom. The molecule has 144 valence electrons. The predicted octanol–water partition coefficient (Wildman–Crippen LogP) is 2.38. The minimum Gasteiger partial charge on any atom is -0.376 e. The van der Waals surface area contributed by atoms with Crippen molar-refractivity contribution in [1.29, 1.82) is 0 Å². The minimum atomic E-state index is -3.72. The molecule has 7 heteroatoms. The van der Waals surface area contributed by atoms with E-state index in [-0.39, 0.29) is 23.5 Å². The molecule has 2 aromatic rings. The molecule has 1 fully saturated rings. The van der Waals surface area contributed by atoms with Crippen molar-refractivity contribution in [3.8, 4) is 0 Å². The van der Waals surface area contributed by atoms with Gasteiger partial charge in [0, 0.05) is 25.3 Å². The number of carbonyl (C=O) groups excluding carboxylic acids is 1. The van der Waals surface area contributed by atoms with Crippen molar-refractivity contribution in [2.75, 3.05) is 13.2 Å². The van der Waals surface area contributed by atoms with Crippen LogP contribution in [0.2, 0.25) is 0 Å². The first kappa shape index (κ1) is 19.5. The Balaban J connectivity index is 1.70. The van der Waals surface area contributed by atoms with Crippen molar-refractivity contribution >= 4 is 15.9 Å². The minimum absolute atomic E-state index is 0.0358. The van der Waals surface area contributed by atoms with Crippen LogP contribution in [0.1, 0.15) is 34.3 Å². The second-order valence-corrected chi connectivity index (χ2v) is 8.40. The molecule has 2 N–H and O–H groups in total. The predicted molar refractivity (Wildman–Crippen MR) is 103 cm³/mol. The summed E-state index contributed by atoms with van der Waals surface area (Å²) in [5.74, 6) is -0.289. The van der Waals surface area contributed by atoms with Gasteiger partial charge >= 0.3 is 0 Å². The molecule has 1 amide bonds. The number of hydrogen-bond acceptors (Lipinski definition) is 4. The summed E-state index contributed by atoms with van der Waals surface area (Å²) in [6, 6.07) is 13.9. The summed E-state index contributed by atoms with van der Waals surface area (Å²) in [4.78, 5) is 12.6. The maximum atomic E-state index is 12.6. The number of rotatable bonds is 7. The van der Waals surface area contributed by atoms with E-state index in [0.717, 1.165) is 30.6 Å². The van der Waals surface area contributed by atoms with Gasteiger partial charge in [0.1, 0.15) is 0 Å². The van der Waals surface area contributed by atoms with Crippen molar-refractivity contribution in [3.05, 3.63) is 65.2 Å². The molecule has 0 saturated carbocycles. The Morgan fingerprint density at radius 3 is 2.67 bits per heavy atom. The Bertz CT molecular complexity index is 891. The number of benzene rings is 2. The number of nitrogens with one attached hydrogen (secondary N) is 2. The molecular weight excluding hydrogens is 364 g/mol. The lowest BCUT2D eigenvalue weighted by atomic mass is 10.1. The standard InChI is InChI=1S/C20H24N2O4S/c1-15-9-10-18(27(24,25)22-13-16-6-3-2-4-7-16)12-19(15)20(23)21-14-17-8-5-11-26-17/h2-4,6-7,9-10,12,17,22H,5,8,11,13-14H2,1H3,(H,21,23). The van der Waals surface area contributed by atoms with Gasteiger partial charge in [0.05, 0.1) is 11.0 Å². The summed E-state index contributed by atoms with van der Waals surface area (Å²) >= 11 is 0. The van der Waals surface area contributed by atoms with E-state index in [1.54, 1.807) is 13.0 Å². The molecule has 1 saturated heterocycles. The highest BCUT2D eigenvalue weighted by Gasteiger charge is 2.20. The lowest BCUT2D eigenvalue weighted by molar-refractivity contribution is 0.0857. The fourth-order valence-electron chi connectivity index (χ4n) is 2.98. The highest BCUT2D eigenvalue weighted by atomic mass is 32.2. The molecule has 1 atom stereocenters. The van der Waals surface area contributed by atoms with E-state index in [4.69, 9.17) is 4.74 Å². The van der Waals surface area contributed by atoms with Crippen molar-refractivity contribution < 1.29 is 17.9 Å². The van der Waals surface area contributed by atoms with Gasteiger partial charge in [-0.05, 0) is 43.0 Å². The van der Waals surface area contributed by atoms with E-state index in [0.29, 0.717) is 12.1 Å². The Labute approximate surface area is 160 Å². The van der Waals surface area contributed by atoms with Gasteiger partial charge in [0.25, 0.3) is 5.91 Å². The van der Waals surface area contributed by atoms with Crippen LogP contribution in [-0.4, -0.2) is 33.6 Å². The van der Waals surface area contributed by atoms with E-state index in [2.05, 4.69) is 10.0 Å². The zero-order valence-corrected chi connectivity index (χ0v) is 16.1. The quantitative estimate of drug-likeness (QED) is 0.763. The number of hydrogen-bond donors (Lipinski definition) is 2. The monoisotopic (exact) mass is 388 g/mol. The normalized spacial score (nSPS) is 17.0. The molecule has 0 spiro atoms. The SMILES string of the molecule is Cc1ccc(S(=O)(=O)NCc2ccccc2)cc1C(=O)NCC1CCCO1. The summed E-state index contributed by atoms with van der Waals surface area (Å²) in [5.41, 5.74) is 1.94. The van der Waals surface area contributed by atoms with Crippen LogP contribution in [0, 0.1) is 6.92 Å². The Morgan fingerprint density at radius 1 is 1.19 bits per heavy atom. The third kappa shape index (κ3) is 5.15. The highest BCUT2D eigenvalue weighted by molar-refractivity contribution is 7.89. The molecule has 1 aliphatic rings. The summed E-state index contributed by atoms with van der Waals surface area (Å²) in [6.07, 6.45) is 1.96. The largest absolute Gasteiger partial charge is 0.376 e. The zero-order valence-electron chi connectivity index (χ0n) is 15.3. The average Bonchev–Trinajstić information content (AvgIpc) is 3.19. The third-order valence-corrected chi connectivity index (χ3v) is 5.99. The second-order valence-electron chi connectivity index (χ2n) is 6.63. The van der Waals surface area contributed by atoms with E-state index in [1.807, 2.05) is 30.3 Å². The summed E-state index contributed by atoms with van der Waals surface area (Å²) in [7, 11) is -3.72. The van der Waals surface area contributed by atoms with Crippen LogP contribution >= 0.6 is 0 Å². The lowest BCUT2D eigenvalue weighted by Crippen LogP contribution is -2.32. The van der Waals surface area contributed by atoms with E-state index in [1.165, 1.54) is 12.1 Å². The molecule has 1 heterocycles. The summed E-state index contributed by atoms with van der Waals surface area (Å²) in [5, 5.41) is 2.84. The van der Waals surface area contributed by atoms with Crippen LogP contribution in [0.15, 0.2) is 53.4 Å². The molecule has 27 heavy (non-hydrogen) atoms. The second kappa shape index (κ2) is 8.65. The van der Waals surface area contributed by atoms with Gasteiger partial charge in [-0.3, -0.25) is 4.79 Å². The van der Waals surface area contributed by atoms with Crippen molar-refractivity contribution in [2.24, 2.45) is 0 Å². The van der Waals surface area contributed by atoms with Crippen molar-refractivity contribution in [2.45, 2.75) is 37.3 Å². The highest BCUT2D eigenvalue weighted by Crippen LogP contribution is 2.17. The molecule has 2 aromatic carbocycles. The topological polar surface area (TPSA) is 84.5 Å². The van der Waals surface area contributed by atoms with Gasteiger partial charge in [0.15, 0.2) is 0 Å². The number of amides is 1. The third-order valence-electron chi connectivity index (χ3n) is 4.59. The van der Waals surface area contributed by atoms with Gasteiger partial charge < -0.3 is 10.1 Å². The fourth-order valence-corrected chi connectivity index (χ4v) is 4.02. The maximum absolute atomic E-state index is 12.6. The molecule has 0 aliphatic carbocycles. The van der Waals surface area contributed by atoms with Gasteiger partial charge in [0.2, 0.25) is 10.0 Å². The van der Waals surface area contributed by atoms with E-state index in [9.17, 15) is 13.2 Å². The Kier molecular flexibility index (Phi) is 6.26. The summed E-state index contributed by atoms with van der Waals surface area (Å²) < 4.78 is 33.3. The maximum Gasteiger partial charge on any atom is 0.251 e. The smallest absolute Gasteiger partial charge is 0.251 e. The van der Waals surface area contributed by atoms with Gasteiger partial charge in [-0.1, -0.05) is 36.4 Å². The van der Waals surface area contributed by atoms with Crippen LogP contribution in [-0.2, 0) is 21.3 Å². The molecule has 0 bridgehead atoms. The first-order valence-corrected chi connectivity index (χ1v) is 10.5. The van der Waals surface area contributed by atoms with E-state index < -0.39 is 10.0 Å². The number of sulfonamides is 1.